The van der Waals surface area contributed by atoms with E-state index in [1.54, 1.807) is 23.1 Å². The topological polar surface area (TPSA) is 117 Å². The molecule has 2 aromatic carbocycles. The van der Waals surface area contributed by atoms with Crippen molar-refractivity contribution >= 4 is 29.6 Å². The number of carbonyl (C=O) groups excluding carboxylic acids is 4. The first-order valence-electron chi connectivity index (χ1n) is 11.1. The minimum Gasteiger partial charge on any atom is -0.491 e. The highest BCUT2D eigenvalue weighted by Gasteiger charge is 2.58. The van der Waals surface area contributed by atoms with Crippen LogP contribution in [0.1, 0.15) is 23.1 Å². The van der Waals surface area contributed by atoms with Crippen molar-refractivity contribution in [3.05, 3.63) is 59.2 Å². The van der Waals surface area contributed by atoms with Crippen LogP contribution in [0.3, 0.4) is 0 Å². The van der Waals surface area contributed by atoms with E-state index in [9.17, 15) is 19.2 Å². The van der Waals surface area contributed by atoms with Crippen molar-refractivity contribution in [2.24, 2.45) is 0 Å². The summed E-state index contributed by atoms with van der Waals surface area (Å²) < 4.78 is 11.3. The molecule has 1 spiro atoms. The number of nitrogens with zero attached hydrogens (tertiary/aromatic N) is 2. The highest BCUT2D eigenvalue weighted by molar-refractivity contribution is 6.06. The highest BCUT2D eigenvalue weighted by atomic mass is 16.6. The minimum atomic E-state index is -1.44. The van der Waals surface area contributed by atoms with E-state index in [1.165, 1.54) is 7.05 Å². The van der Waals surface area contributed by atoms with Crippen LogP contribution in [0.15, 0.2) is 42.5 Å². The summed E-state index contributed by atoms with van der Waals surface area (Å²) in [4.78, 5) is 53.2. The van der Waals surface area contributed by atoms with Crippen LogP contribution >= 0.6 is 0 Å². The molecular formula is C24H24N4O6. The van der Waals surface area contributed by atoms with Crippen molar-refractivity contribution in [2.45, 2.75) is 25.0 Å². The lowest BCUT2D eigenvalue weighted by Gasteiger charge is -2.23. The number of fused-ring (bicyclic) bond motifs is 3. The third kappa shape index (κ3) is 3.60. The zero-order chi connectivity index (χ0) is 23.9. The number of benzene rings is 2. The molecule has 3 aliphatic rings. The number of ether oxygens (including phenoxy) is 2. The standard InChI is InChI=1S/C24H24N4O6/c1-25-22(31)26-17-6-7-18-15(12-17)8-9-24(18)21(30)28(23(32)34-24)14-20(29)27-10-11-33-19-5-3-2-4-16(19)13-27/h2-7,12H,8-11,13-14H2,1H3,(H2,25,26,31). The first-order chi connectivity index (χ1) is 16.4. The monoisotopic (exact) mass is 464 g/mol. The third-order valence-corrected chi connectivity index (χ3v) is 6.44. The smallest absolute Gasteiger partial charge is 0.418 e. The minimum absolute atomic E-state index is 0.284. The van der Waals surface area contributed by atoms with Crippen LogP contribution in [-0.2, 0) is 32.9 Å². The van der Waals surface area contributed by atoms with Gasteiger partial charge in [-0.3, -0.25) is 9.59 Å². The summed E-state index contributed by atoms with van der Waals surface area (Å²) in [6.45, 7) is 0.610. The first-order valence-corrected chi connectivity index (χ1v) is 11.1. The molecule has 1 atom stereocenters. The van der Waals surface area contributed by atoms with Gasteiger partial charge in [0.1, 0.15) is 18.9 Å². The lowest BCUT2D eigenvalue weighted by Crippen LogP contribution is -2.45. The molecule has 1 saturated heterocycles. The van der Waals surface area contributed by atoms with Crippen molar-refractivity contribution in [1.29, 1.82) is 0 Å². The average Bonchev–Trinajstić information content (AvgIpc) is 3.19. The van der Waals surface area contributed by atoms with Crippen molar-refractivity contribution in [1.82, 2.24) is 15.1 Å². The van der Waals surface area contributed by atoms with Crippen molar-refractivity contribution in [2.75, 3.05) is 32.1 Å². The number of aryl methyl sites for hydroxylation is 1. The van der Waals surface area contributed by atoms with Gasteiger partial charge in [0.15, 0.2) is 0 Å². The molecule has 2 heterocycles. The maximum absolute atomic E-state index is 13.4. The Morgan fingerprint density at radius 2 is 1.94 bits per heavy atom. The molecule has 0 aromatic heterocycles. The van der Waals surface area contributed by atoms with Crippen LogP contribution in [0.4, 0.5) is 15.3 Å². The van der Waals surface area contributed by atoms with Gasteiger partial charge in [-0.1, -0.05) is 24.3 Å². The Bertz CT molecular complexity index is 1200. The molecule has 10 nitrogen and oxygen atoms in total. The average molecular weight is 464 g/mol. The van der Waals surface area contributed by atoms with Crippen molar-refractivity contribution in [3.63, 3.8) is 0 Å². The number of hydrogen-bond donors (Lipinski definition) is 2. The lowest BCUT2D eigenvalue weighted by atomic mass is 9.94. The summed E-state index contributed by atoms with van der Waals surface area (Å²) >= 11 is 0. The number of para-hydroxylation sites is 1. The largest absolute Gasteiger partial charge is 0.491 e. The summed E-state index contributed by atoms with van der Waals surface area (Å²) in [6, 6.07) is 12.2. The third-order valence-electron chi connectivity index (χ3n) is 6.44. The summed E-state index contributed by atoms with van der Waals surface area (Å²) in [6.07, 6.45) is -0.0451. The van der Waals surface area contributed by atoms with E-state index in [2.05, 4.69) is 10.6 Å². The van der Waals surface area contributed by atoms with Crippen LogP contribution in [0.2, 0.25) is 0 Å². The Labute approximate surface area is 195 Å². The lowest BCUT2D eigenvalue weighted by molar-refractivity contribution is -0.142. The predicted molar refractivity (Wildman–Crippen MR) is 120 cm³/mol. The second-order valence-corrected chi connectivity index (χ2v) is 8.43. The fourth-order valence-corrected chi connectivity index (χ4v) is 4.70. The molecule has 2 aliphatic heterocycles. The van der Waals surface area contributed by atoms with Crippen LogP contribution in [0, 0.1) is 0 Å². The Hall–Kier alpha value is -4.08. The second-order valence-electron chi connectivity index (χ2n) is 8.43. The summed E-state index contributed by atoms with van der Waals surface area (Å²) in [5.74, 6) is -0.171. The van der Waals surface area contributed by atoms with Crippen molar-refractivity contribution < 1.29 is 28.7 Å². The number of anilines is 1. The number of carbonyl (C=O) groups is 4. The quantitative estimate of drug-likeness (QED) is 0.717. The summed E-state index contributed by atoms with van der Waals surface area (Å²) in [5, 5.41) is 5.17. The molecule has 1 fully saturated rings. The van der Waals surface area contributed by atoms with Crippen LogP contribution in [0.5, 0.6) is 5.75 Å². The van der Waals surface area contributed by atoms with Gasteiger partial charge in [0, 0.05) is 36.8 Å². The maximum atomic E-state index is 13.4. The molecule has 0 radical (unpaired) electrons. The SMILES string of the molecule is CNC(=O)Nc1ccc2c(c1)CCC21OC(=O)N(CC(=O)N2CCOc3ccccc3C2)C1=O. The molecule has 0 bridgehead atoms. The number of hydrogen-bond acceptors (Lipinski definition) is 6. The summed E-state index contributed by atoms with van der Waals surface area (Å²) in [7, 11) is 1.52. The molecular weight excluding hydrogens is 440 g/mol. The van der Waals surface area contributed by atoms with E-state index in [1.807, 2.05) is 24.3 Å². The Kier molecular flexibility index (Phi) is 5.35. The fourth-order valence-electron chi connectivity index (χ4n) is 4.70. The van der Waals surface area contributed by atoms with Gasteiger partial charge < -0.3 is 25.0 Å². The Balaban J connectivity index is 1.33. The van der Waals surface area contributed by atoms with E-state index in [4.69, 9.17) is 9.47 Å². The molecule has 176 valence electrons. The number of amides is 5. The number of rotatable bonds is 3. The molecule has 5 amide bonds. The van der Waals surface area contributed by atoms with Gasteiger partial charge in [-0.25, -0.2) is 14.5 Å². The summed E-state index contributed by atoms with van der Waals surface area (Å²) in [5.41, 5.74) is 1.39. The molecule has 34 heavy (non-hydrogen) atoms. The van der Waals surface area contributed by atoms with Crippen LogP contribution < -0.4 is 15.4 Å². The first kappa shape index (κ1) is 21.7. The van der Waals surface area contributed by atoms with E-state index in [0.29, 0.717) is 37.4 Å². The van der Waals surface area contributed by atoms with Crippen molar-refractivity contribution in [3.8, 4) is 5.75 Å². The van der Waals surface area contributed by atoms with Gasteiger partial charge in [0.25, 0.3) is 5.91 Å². The highest BCUT2D eigenvalue weighted by Crippen LogP contribution is 2.46. The van der Waals surface area contributed by atoms with Gasteiger partial charge in [-0.2, -0.15) is 0 Å². The maximum Gasteiger partial charge on any atom is 0.418 e. The number of nitrogens with one attached hydrogen (secondary N) is 2. The predicted octanol–water partition coefficient (Wildman–Crippen LogP) is 1.98. The number of imide groups is 1. The van der Waals surface area contributed by atoms with Gasteiger partial charge in [-0.15, -0.1) is 0 Å². The van der Waals surface area contributed by atoms with Gasteiger partial charge in [-0.05, 0) is 30.2 Å². The molecule has 0 saturated carbocycles. The van der Waals surface area contributed by atoms with Gasteiger partial charge >= 0.3 is 12.1 Å². The molecule has 2 N–H and O–H groups in total. The van der Waals surface area contributed by atoms with E-state index in [0.717, 1.165) is 21.8 Å². The molecule has 5 rings (SSSR count). The fraction of sp³-hybridized carbons (Fsp3) is 0.333. The molecule has 10 heteroatoms. The second kappa shape index (κ2) is 8.36. The number of urea groups is 1. The van der Waals surface area contributed by atoms with E-state index in [-0.39, 0.29) is 18.4 Å². The Morgan fingerprint density at radius 1 is 1.12 bits per heavy atom. The molecule has 1 unspecified atom stereocenters. The zero-order valence-corrected chi connectivity index (χ0v) is 18.6. The molecule has 1 aliphatic carbocycles. The van der Waals surface area contributed by atoms with Gasteiger partial charge in [0.2, 0.25) is 11.5 Å². The van der Waals surface area contributed by atoms with Gasteiger partial charge in [0.05, 0.1) is 6.54 Å². The Morgan fingerprint density at radius 3 is 2.76 bits per heavy atom. The zero-order valence-electron chi connectivity index (χ0n) is 18.6. The van der Waals surface area contributed by atoms with Crippen LogP contribution in [-0.4, -0.2) is 60.5 Å². The van der Waals surface area contributed by atoms with E-state index < -0.39 is 24.1 Å². The normalized spacial score (nSPS) is 20.9. The van der Waals surface area contributed by atoms with Crippen LogP contribution in [0.25, 0.3) is 0 Å². The van der Waals surface area contributed by atoms with E-state index >= 15 is 0 Å². The molecule has 2 aromatic rings.